The van der Waals surface area contributed by atoms with Crippen molar-refractivity contribution >= 4 is 5.97 Å². The molecule has 3 nitrogen and oxygen atoms in total. The predicted molar refractivity (Wildman–Crippen MR) is 59.2 cm³/mol. The molecule has 0 amide bonds. The molecule has 0 aliphatic heterocycles. The summed E-state index contributed by atoms with van der Waals surface area (Å²) in [6.07, 6.45) is 0.00343. The number of halogens is 3. The summed E-state index contributed by atoms with van der Waals surface area (Å²) >= 11 is 0. The van der Waals surface area contributed by atoms with Gasteiger partial charge in [-0.25, -0.2) is 13.2 Å². The lowest BCUT2D eigenvalue weighted by Gasteiger charge is -2.13. The van der Waals surface area contributed by atoms with Crippen LogP contribution in [-0.4, -0.2) is 19.1 Å². The minimum absolute atomic E-state index is 0.00343. The first-order chi connectivity index (χ1) is 8.49. The van der Waals surface area contributed by atoms with Crippen LogP contribution in [0, 0.1) is 23.4 Å². The zero-order valence-electron chi connectivity index (χ0n) is 9.88. The molecule has 0 aliphatic carbocycles. The van der Waals surface area contributed by atoms with Crippen LogP contribution in [0.15, 0.2) is 12.1 Å². The molecule has 1 atom stereocenters. The quantitative estimate of drug-likeness (QED) is 0.649. The second kappa shape index (κ2) is 6.39. The van der Waals surface area contributed by atoms with E-state index in [1.54, 1.807) is 6.92 Å². The number of carbonyl (C=O) groups is 1. The molecule has 18 heavy (non-hydrogen) atoms. The Bertz CT molecular complexity index is 414. The van der Waals surface area contributed by atoms with E-state index in [4.69, 9.17) is 10.5 Å². The number of hydrogen-bond acceptors (Lipinski definition) is 3. The molecule has 0 aromatic heterocycles. The molecule has 0 heterocycles. The number of rotatable bonds is 5. The van der Waals surface area contributed by atoms with Crippen molar-refractivity contribution in [3.8, 4) is 0 Å². The normalized spacial score (nSPS) is 12.3. The summed E-state index contributed by atoms with van der Waals surface area (Å²) in [5.74, 6) is -5.34. The molecular formula is C12H14F3NO2. The molecule has 6 heteroatoms. The summed E-state index contributed by atoms with van der Waals surface area (Å²) in [6.45, 7) is 1.82. The van der Waals surface area contributed by atoms with E-state index in [0.29, 0.717) is 0 Å². The fourth-order valence-corrected chi connectivity index (χ4v) is 1.53. The van der Waals surface area contributed by atoms with Gasteiger partial charge in [0.1, 0.15) is 0 Å². The lowest BCUT2D eigenvalue weighted by molar-refractivity contribution is -0.147. The number of benzene rings is 1. The molecule has 0 saturated heterocycles. The van der Waals surface area contributed by atoms with E-state index in [9.17, 15) is 18.0 Å². The monoisotopic (exact) mass is 261 g/mol. The summed E-state index contributed by atoms with van der Waals surface area (Å²) in [4.78, 5) is 11.5. The molecule has 0 saturated carbocycles. The van der Waals surface area contributed by atoms with Crippen molar-refractivity contribution in [3.63, 3.8) is 0 Å². The minimum atomic E-state index is -1.53. The zero-order chi connectivity index (χ0) is 13.7. The van der Waals surface area contributed by atoms with Crippen LogP contribution in [0.1, 0.15) is 12.5 Å². The first-order valence-electron chi connectivity index (χ1n) is 5.49. The van der Waals surface area contributed by atoms with Gasteiger partial charge in [-0.05, 0) is 31.0 Å². The first kappa shape index (κ1) is 14.5. The molecular weight excluding hydrogens is 247 g/mol. The van der Waals surface area contributed by atoms with Crippen LogP contribution < -0.4 is 5.73 Å². The number of hydrogen-bond donors (Lipinski definition) is 1. The maximum Gasteiger partial charge on any atom is 0.310 e. The number of nitrogens with two attached hydrogens (primary N) is 1. The molecule has 100 valence electrons. The summed E-state index contributed by atoms with van der Waals surface area (Å²) in [6, 6.07) is 1.70. The summed E-state index contributed by atoms with van der Waals surface area (Å²) in [7, 11) is 0. The van der Waals surface area contributed by atoms with E-state index < -0.39 is 29.3 Å². The highest BCUT2D eigenvalue weighted by atomic mass is 19.2. The largest absolute Gasteiger partial charge is 0.466 e. The highest BCUT2D eigenvalue weighted by molar-refractivity contribution is 5.73. The molecule has 1 unspecified atom stereocenters. The standard InChI is InChI=1S/C12H14F3NO2/c1-2-18-12(17)8(6-16)3-7-4-9(13)11(15)10(14)5-7/h4-5,8H,2-3,6,16H2,1H3. The van der Waals surface area contributed by atoms with Gasteiger partial charge in [-0.2, -0.15) is 0 Å². The Balaban J connectivity index is 2.85. The van der Waals surface area contributed by atoms with Crippen LogP contribution in [-0.2, 0) is 16.0 Å². The Labute approximate surface area is 103 Å². The molecule has 1 aromatic rings. The maximum absolute atomic E-state index is 13.0. The smallest absolute Gasteiger partial charge is 0.310 e. The molecule has 1 rings (SSSR count). The third-order valence-electron chi connectivity index (χ3n) is 2.43. The van der Waals surface area contributed by atoms with Crippen molar-refractivity contribution < 1.29 is 22.7 Å². The third kappa shape index (κ3) is 3.46. The highest BCUT2D eigenvalue weighted by Gasteiger charge is 2.20. The molecule has 2 N–H and O–H groups in total. The molecule has 0 fully saturated rings. The Morgan fingerprint density at radius 1 is 1.33 bits per heavy atom. The van der Waals surface area contributed by atoms with Crippen molar-refractivity contribution in [2.75, 3.05) is 13.2 Å². The molecule has 0 radical (unpaired) electrons. The van der Waals surface area contributed by atoms with Crippen LogP contribution in [0.3, 0.4) is 0 Å². The van der Waals surface area contributed by atoms with Crippen LogP contribution in [0.25, 0.3) is 0 Å². The van der Waals surface area contributed by atoms with Crippen molar-refractivity contribution in [2.24, 2.45) is 11.7 Å². The molecule has 0 aliphatic rings. The number of ether oxygens (including phenoxy) is 1. The Morgan fingerprint density at radius 3 is 2.33 bits per heavy atom. The van der Waals surface area contributed by atoms with Gasteiger partial charge in [0.25, 0.3) is 0 Å². The van der Waals surface area contributed by atoms with Crippen LogP contribution >= 0.6 is 0 Å². The second-order valence-electron chi connectivity index (χ2n) is 3.76. The first-order valence-corrected chi connectivity index (χ1v) is 5.49. The third-order valence-corrected chi connectivity index (χ3v) is 2.43. The minimum Gasteiger partial charge on any atom is -0.466 e. The lowest BCUT2D eigenvalue weighted by Crippen LogP contribution is -2.27. The second-order valence-corrected chi connectivity index (χ2v) is 3.76. The molecule has 0 spiro atoms. The lowest BCUT2D eigenvalue weighted by atomic mass is 9.99. The maximum atomic E-state index is 13.0. The van der Waals surface area contributed by atoms with Gasteiger partial charge in [-0.1, -0.05) is 0 Å². The van der Waals surface area contributed by atoms with Crippen LogP contribution in [0.2, 0.25) is 0 Å². The van der Waals surface area contributed by atoms with Crippen molar-refractivity contribution in [2.45, 2.75) is 13.3 Å². The van der Waals surface area contributed by atoms with E-state index in [0.717, 1.165) is 12.1 Å². The predicted octanol–water partition coefficient (Wildman–Crippen LogP) is 1.78. The highest BCUT2D eigenvalue weighted by Crippen LogP contribution is 2.17. The summed E-state index contributed by atoms with van der Waals surface area (Å²) < 4.78 is 43.5. The average molecular weight is 261 g/mol. The average Bonchev–Trinajstić information content (AvgIpc) is 2.33. The van der Waals surface area contributed by atoms with Gasteiger partial charge in [0.15, 0.2) is 17.5 Å². The molecule has 0 bridgehead atoms. The van der Waals surface area contributed by atoms with Gasteiger partial charge in [0.2, 0.25) is 0 Å². The summed E-state index contributed by atoms with van der Waals surface area (Å²) in [5, 5.41) is 0. The van der Waals surface area contributed by atoms with Gasteiger partial charge in [0, 0.05) is 6.54 Å². The summed E-state index contributed by atoms with van der Waals surface area (Å²) in [5.41, 5.74) is 5.56. The Morgan fingerprint density at radius 2 is 1.89 bits per heavy atom. The van der Waals surface area contributed by atoms with Crippen molar-refractivity contribution in [3.05, 3.63) is 35.1 Å². The SMILES string of the molecule is CCOC(=O)C(CN)Cc1cc(F)c(F)c(F)c1. The van der Waals surface area contributed by atoms with E-state index in [-0.39, 0.29) is 25.1 Å². The van der Waals surface area contributed by atoms with E-state index in [1.165, 1.54) is 0 Å². The number of esters is 1. The van der Waals surface area contributed by atoms with Gasteiger partial charge < -0.3 is 10.5 Å². The Hall–Kier alpha value is -1.56. The van der Waals surface area contributed by atoms with Gasteiger partial charge in [0.05, 0.1) is 12.5 Å². The fourth-order valence-electron chi connectivity index (χ4n) is 1.53. The van der Waals surface area contributed by atoms with E-state index in [2.05, 4.69) is 0 Å². The van der Waals surface area contributed by atoms with Crippen LogP contribution in [0.4, 0.5) is 13.2 Å². The van der Waals surface area contributed by atoms with Gasteiger partial charge >= 0.3 is 5.97 Å². The van der Waals surface area contributed by atoms with E-state index in [1.807, 2.05) is 0 Å². The van der Waals surface area contributed by atoms with Crippen LogP contribution in [0.5, 0.6) is 0 Å². The molecule has 1 aromatic carbocycles. The zero-order valence-corrected chi connectivity index (χ0v) is 9.88. The van der Waals surface area contributed by atoms with Crippen molar-refractivity contribution in [1.82, 2.24) is 0 Å². The fraction of sp³-hybridized carbons (Fsp3) is 0.417. The van der Waals surface area contributed by atoms with E-state index >= 15 is 0 Å². The van der Waals surface area contributed by atoms with Crippen molar-refractivity contribution in [1.29, 1.82) is 0 Å². The Kier molecular flexibility index (Phi) is 5.15. The van der Waals surface area contributed by atoms with Gasteiger partial charge in [-0.3, -0.25) is 4.79 Å². The van der Waals surface area contributed by atoms with Gasteiger partial charge in [-0.15, -0.1) is 0 Å². The topological polar surface area (TPSA) is 52.3 Å². The number of carbonyl (C=O) groups excluding carboxylic acids is 1.